The number of carbonyl (C=O) groups is 1. The van der Waals surface area contributed by atoms with E-state index in [1.807, 2.05) is 12.1 Å². The number of carbonyl (C=O) groups excluding carboxylic acids is 1. The van der Waals surface area contributed by atoms with Gasteiger partial charge in [0.2, 0.25) is 15.9 Å². The molecule has 4 rings (SSSR count). The first-order valence-corrected chi connectivity index (χ1v) is 11.5. The van der Waals surface area contributed by atoms with E-state index in [0.29, 0.717) is 13.0 Å². The van der Waals surface area contributed by atoms with E-state index in [1.54, 1.807) is 30.3 Å². The quantitative estimate of drug-likeness (QED) is 0.858. The van der Waals surface area contributed by atoms with Gasteiger partial charge in [-0.1, -0.05) is 48.9 Å². The molecule has 0 spiro atoms. The lowest BCUT2D eigenvalue weighted by atomic mass is 9.87. The molecule has 1 aliphatic carbocycles. The van der Waals surface area contributed by atoms with E-state index < -0.39 is 16.1 Å². The molecule has 1 saturated heterocycles. The first-order chi connectivity index (χ1) is 13.6. The summed E-state index contributed by atoms with van der Waals surface area (Å²) in [5.74, 6) is -0.180. The molecule has 2 aliphatic rings. The van der Waals surface area contributed by atoms with Gasteiger partial charge < -0.3 is 5.32 Å². The molecule has 0 aromatic heterocycles. The molecule has 2 atom stereocenters. The number of piperidine rings is 1. The van der Waals surface area contributed by atoms with Crippen LogP contribution in [-0.4, -0.2) is 31.2 Å². The summed E-state index contributed by atoms with van der Waals surface area (Å²) in [5, 5.41) is 3.15. The van der Waals surface area contributed by atoms with Gasteiger partial charge in [0.1, 0.15) is 6.04 Å². The van der Waals surface area contributed by atoms with E-state index in [9.17, 15) is 13.2 Å². The van der Waals surface area contributed by atoms with Gasteiger partial charge >= 0.3 is 0 Å². The third kappa shape index (κ3) is 3.71. The molecule has 1 N–H and O–H groups in total. The molecule has 0 bridgehead atoms. The molecule has 1 fully saturated rings. The van der Waals surface area contributed by atoms with Gasteiger partial charge in [-0.05, 0) is 55.4 Å². The topological polar surface area (TPSA) is 66.5 Å². The molecule has 148 valence electrons. The second kappa shape index (κ2) is 8.05. The molecule has 2 aromatic carbocycles. The summed E-state index contributed by atoms with van der Waals surface area (Å²) >= 11 is 0. The standard InChI is InChI=1S/C22H26N2O3S/c25-22(23-20-14-8-10-17-9-4-5-13-19(17)20)21-15-6-7-16-24(21)28(26,27)18-11-2-1-3-12-18/h1-5,9,11-13,20-21H,6-8,10,14-16H2,(H,23,25)/t20-,21+/m1/s1. The van der Waals surface area contributed by atoms with Crippen LogP contribution in [0.2, 0.25) is 0 Å². The Morgan fingerprint density at radius 3 is 2.50 bits per heavy atom. The minimum Gasteiger partial charge on any atom is -0.348 e. The fraction of sp³-hybridized carbons (Fsp3) is 0.409. The molecule has 1 aliphatic heterocycles. The zero-order valence-electron chi connectivity index (χ0n) is 15.9. The Kier molecular flexibility index (Phi) is 5.51. The highest BCUT2D eigenvalue weighted by Crippen LogP contribution is 2.31. The van der Waals surface area contributed by atoms with Crippen molar-refractivity contribution in [2.45, 2.75) is 55.5 Å². The Labute approximate surface area is 166 Å². The van der Waals surface area contributed by atoms with E-state index >= 15 is 0 Å². The Morgan fingerprint density at radius 2 is 1.68 bits per heavy atom. The van der Waals surface area contributed by atoms with Crippen LogP contribution in [-0.2, 0) is 21.2 Å². The van der Waals surface area contributed by atoms with Gasteiger partial charge in [0.15, 0.2) is 0 Å². The number of sulfonamides is 1. The van der Waals surface area contributed by atoms with E-state index in [2.05, 4.69) is 17.4 Å². The second-order valence-corrected chi connectivity index (χ2v) is 9.48. The number of nitrogens with zero attached hydrogens (tertiary/aromatic N) is 1. The molecule has 0 saturated carbocycles. The third-order valence-electron chi connectivity index (χ3n) is 5.79. The largest absolute Gasteiger partial charge is 0.348 e. The molecular weight excluding hydrogens is 372 g/mol. The number of fused-ring (bicyclic) bond motifs is 1. The predicted octanol–water partition coefficient (Wildman–Crippen LogP) is 3.42. The van der Waals surface area contributed by atoms with E-state index in [4.69, 9.17) is 0 Å². The molecular formula is C22H26N2O3S. The van der Waals surface area contributed by atoms with Crippen LogP contribution in [0.15, 0.2) is 59.5 Å². The van der Waals surface area contributed by atoms with Gasteiger partial charge in [0, 0.05) is 6.54 Å². The highest BCUT2D eigenvalue weighted by molar-refractivity contribution is 7.89. The van der Waals surface area contributed by atoms with Crippen LogP contribution in [0.1, 0.15) is 49.3 Å². The first-order valence-electron chi connectivity index (χ1n) is 10.0. The minimum atomic E-state index is -3.69. The van der Waals surface area contributed by atoms with Gasteiger partial charge in [-0.15, -0.1) is 0 Å². The lowest BCUT2D eigenvalue weighted by molar-refractivity contribution is -0.126. The van der Waals surface area contributed by atoms with Gasteiger partial charge in [0.25, 0.3) is 0 Å². The summed E-state index contributed by atoms with van der Waals surface area (Å²) < 4.78 is 27.7. The molecule has 28 heavy (non-hydrogen) atoms. The van der Waals surface area contributed by atoms with Crippen molar-refractivity contribution < 1.29 is 13.2 Å². The van der Waals surface area contributed by atoms with Crippen molar-refractivity contribution in [3.63, 3.8) is 0 Å². The summed E-state index contributed by atoms with van der Waals surface area (Å²) in [6, 6.07) is 15.9. The number of rotatable bonds is 4. The molecule has 0 radical (unpaired) electrons. The summed E-state index contributed by atoms with van der Waals surface area (Å²) in [7, 11) is -3.69. The Balaban J connectivity index is 1.56. The number of benzene rings is 2. The average molecular weight is 399 g/mol. The van der Waals surface area contributed by atoms with E-state index in [1.165, 1.54) is 9.87 Å². The monoisotopic (exact) mass is 398 g/mol. The van der Waals surface area contributed by atoms with Gasteiger partial charge in [0.05, 0.1) is 10.9 Å². The number of hydrogen-bond acceptors (Lipinski definition) is 3. The Hall–Kier alpha value is -2.18. The van der Waals surface area contributed by atoms with Crippen LogP contribution in [0.3, 0.4) is 0 Å². The van der Waals surface area contributed by atoms with Crippen molar-refractivity contribution in [3.05, 3.63) is 65.7 Å². The van der Waals surface area contributed by atoms with Crippen LogP contribution in [0.25, 0.3) is 0 Å². The lowest BCUT2D eigenvalue weighted by Crippen LogP contribution is -2.52. The number of aryl methyl sites for hydroxylation is 1. The summed E-state index contributed by atoms with van der Waals surface area (Å²) in [6.45, 7) is 0.385. The molecule has 0 unspecified atom stereocenters. The fourth-order valence-electron chi connectivity index (χ4n) is 4.35. The number of nitrogens with one attached hydrogen (secondary N) is 1. The SMILES string of the molecule is O=C(N[C@@H]1CCCc2ccccc21)[C@@H]1CCCCN1S(=O)(=O)c1ccccc1. The summed E-state index contributed by atoms with van der Waals surface area (Å²) in [6.07, 6.45) is 5.15. The fourth-order valence-corrected chi connectivity index (χ4v) is 6.03. The lowest BCUT2D eigenvalue weighted by Gasteiger charge is -2.35. The highest BCUT2D eigenvalue weighted by atomic mass is 32.2. The third-order valence-corrected chi connectivity index (χ3v) is 7.71. The zero-order chi connectivity index (χ0) is 19.6. The van der Waals surface area contributed by atoms with Crippen LogP contribution in [0.4, 0.5) is 0 Å². The maximum atomic E-state index is 13.1. The maximum absolute atomic E-state index is 13.1. The van der Waals surface area contributed by atoms with Crippen LogP contribution in [0.5, 0.6) is 0 Å². The van der Waals surface area contributed by atoms with Crippen molar-refractivity contribution in [1.29, 1.82) is 0 Å². The van der Waals surface area contributed by atoms with Crippen LogP contribution < -0.4 is 5.32 Å². The van der Waals surface area contributed by atoms with Crippen molar-refractivity contribution in [2.24, 2.45) is 0 Å². The normalized spacial score (nSPS) is 23.0. The molecule has 6 heteroatoms. The smallest absolute Gasteiger partial charge is 0.243 e. The maximum Gasteiger partial charge on any atom is 0.243 e. The van der Waals surface area contributed by atoms with Crippen molar-refractivity contribution in [1.82, 2.24) is 9.62 Å². The molecule has 1 heterocycles. The molecule has 2 aromatic rings. The molecule has 1 amide bonds. The Bertz CT molecular complexity index is 943. The van der Waals surface area contributed by atoms with Crippen molar-refractivity contribution in [3.8, 4) is 0 Å². The van der Waals surface area contributed by atoms with Crippen molar-refractivity contribution >= 4 is 15.9 Å². The first kappa shape index (κ1) is 19.2. The predicted molar refractivity (Wildman–Crippen MR) is 108 cm³/mol. The summed E-state index contributed by atoms with van der Waals surface area (Å²) in [5.41, 5.74) is 2.44. The van der Waals surface area contributed by atoms with Crippen LogP contribution >= 0.6 is 0 Å². The summed E-state index contributed by atoms with van der Waals surface area (Å²) in [4.78, 5) is 13.4. The average Bonchev–Trinajstić information content (AvgIpc) is 2.74. The van der Waals surface area contributed by atoms with E-state index in [0.717, 1.165) is 37.7 Å². The van der Waals surface area contributed by atoms with Crippen LogP contribution in [0, 0.1) is 0 Å². The van der Waals surface area contributed by atoms with Gasteiger partial charge in [-0.3, -0.25) is 4.79 Å². The second-order valence-electron chi connectivity index (χ2n) is 7.59. The Morgan fingerprint density at radius 1 is 0.929 bits per heavy atom. The number of hydrogen-bond donors (Lipinski definition) is 1. The highest BCUT2D eigenvalue weighted by Gasteiger charge is 2.38. The number of amides is 1. The van der Waals surface area contributed by atoms with Gasteiger partial charge in [-0.25, -0.2) is 8.42 Å². The van der Waals surface area contributed by atoms with Crippen molar-refractivity contribution in [2.75, 3.05) is 6.54 Å². The van der Waals surface area contributed by atoms with E-state index in [-0.39, 0.29) is 16.8 Å². The minimum absolute atomic E-state index is 0.0411. The molecule has 5 nitrogen and oxygen atoms in total. The van der Waals surface area contributed by atoms with Gasteiger partial charge in [-0.2, -0.15) is 4.31 Å². The zero-order valence-corrected chi connectivity index (χ0v) is 16.7.